The van der Waals surface area contributed by atoms with Crippen LogP contribution in [0, 0.1) is 24.2 Å². The molecule has 2 saturated carbocycles. The molecule has 0 bridgehead atoms. The zero-order valence-corrected chi connectivity index (χ0v) is 12.0. The molecule has 0 aliphatic heterocycles. The van der Waals surface area contributed by atoms with Gasteiger partial charge < -0.3 is 0 Å². The normalized spacial score (nSPS) is 29.9. The summed E-state index contributed by atoms with van der Waals surface area (Å²) in [5, 5.41) is 0. The van der Waals surface area contributed by atoms with E-state index in [1.165, 1.54) is 24.0 Å². The van der Waals surface area contributed by atoms with Crippen LogP contribution in [-0.2, 0) is 5.41 Å². The fourth-order valence-electron chi connectivity index (χ4n) is 4.19. The fraction of sp³-hybridized carbons (Fsp3) is 0.350. The molecule has 2 fully saturated rings. The first kappa shape index (κ1) is 12.2. The molecule has 20 heavy (non-hydrogen) atoms. The fourth-order valence-corrected chi connectivity index (χ4v) is 4.19. The molecule has 0 spiro atoms. The minimum absolute atomic E-state index is 0.297. The summed E-state index contributed by atoms with van der Waals surface area (Å²) in [6.45, 7) is 2.22. The minimum Gasteiger partial charge on any atom is -0.0622 e. The first-order valence-corrected chi connectivity index (χ1v) is 7.77. The van der Waals surface area contributed by atoms with Crippen molar-refractivity contribution in [2.24, 2.45) is 17.8 Å². The van der Waals surface area contributed by atoms with Crippen LogP contribution in [0.2, 0.25) is 0 Å². The molecule has 0 aromatic heterocycles. The van der Waals surface area contributed by atoms with Crippen molar-refractivity contribution >= 4 is 0 Å². The summed E-state index contributed by atoms with van der Waals surface area (Å²) < 4.78 is 0. The lowest BCUT2D eigenvalue weighted by molar-refractivity contribution is 0.592. The van der Waals surface area contributed by atoms with Gasteiger partial charge in [-0.05, 0) is 48.1 Å². The molecule has 2 aromatic carbocycles. The standard InChI is InChI=1S/C20H21/c1-2-15-13-18(15)19-14-20(19,16-9-5-3-6-10-16)17-11-7-4-8-12-17/h2-12,15,18-19H,13-14H2,1H3/t15-,18-,19+/m0/s1. The Morgan fingerprint density at radius 1 is 0.900 bits per heavy atom. The van der Waals surface area contributed by atoms with E-state index in [0.29, 0.717) is 5.41 Å². The molecule has 1 radical (unpaired) electrons. The Morgan fingerprint density at radius 3 is 1.90 bits per heavy atom. The maximum atomic E-state index is 2.41. The molecule has 2 aromatic rings. The van der Waals surface area contributed by atoms with Crippen LogP contribution in [-0.4, -0.2) is 0 Å². The highest BCUT2D eigenvalue weighted by Crippen LogP contribution is 2.68. The van der Waals surface area contributed by atoms with Crippen LogP contribution < -0.4 is 0 Å². The van der Waals surface area contributed by atoms with Crippen LogP contribution in [0.5, 0.6) is 0 Å². The van der Waals surface area contributed by atoms with Crippen LogP contribution >= 0.6 is 0 Å². The van der Waals surface area contributed by atoms with Crippen molar-refractivity contribution in [3.8, 4) is 0 Å². The minimum atomic E-state index is 0.297. The molecule has 0 nitrogen and oxygen atoms in total. The van der Waals surface area contributed by atoms with Gasteiger partial charge in [-0.1, -0.05) is 67.6 Å². The molecule has 0 unspecified atom stereocenters. The van der Waals surface area contributed by atoms with Crippen LogP contribution in [0.1, 0.15) is 30.9 Å². The van der Waals surface area contributed by atoms with Crippen LogP contribution in [0.3, 0.4) is 0 Å². The summed E-state index contributed by atoms with van der Waals surface area (Å²) in [7, 11) is 0. The predicted molar refractivity (Wildman–Crippen MR) is 83.3 cm³/mol. The molecule has 0 heterocycles. The Kier molecular flexibility index (Phi) is 2.73. The average Bonchev–Trinajstić information content (AvgIpc) is 3.41. The third-order valence-electron chi connectivity index (χ3n) is 5.43. The predicted octanol–water partition coefficient (Wildman–Crippen LogP) is 4.85. The molecule has 101 valence electrons. The van der Waals surface area contributed by atoms with E-state index >= 15 is 0 Å². The van der Waals surface area contributed by atoms with E-state index in [2.05, 4.69) is 74.0 Å². The first-order chi connectivity index (χ1) is 9.86. The summed E-state index contributed by atoms with van der Waals surface area (Å²) in [4.78, 5) is 0. The van der Waals surface area contributed by atoms with Crippen molar-refractivity contribution < 1.29 is 0 Å². The number of benzene rings is 2. The maximum Gasteiger partial charge on any atom is 0.0237 e. The summed E-state index contributed by atoms with van der Waals surface area (Å²) >= 11 is 0. The SMILES string of the molecule is C[CH][C@H]1C[C@@H]1[C@H]1CC1(c1ccccc1)c1ccccc1. The lowest BCUT2D eigenvalue weighted by atomic mass is 9.84. The summed E-state index contributed by atoms with van der Waals surface area (Å²) in [5.41, 5.74) is 3.32. The van der Waals surface area contributed by atoms with E-state index in [4.69, 9.17) is 0 Å². The average molecular weight is 261 g/mol. The third-order valence-corrected chi connectivity index (χ3v) is 5.43. The van der Waals surface area contributed by atoms with Crippen molar-refractivity contribution in [2.45, 2.75) is 25.2 Å². The molecule has 0 saturated heterocycles. The van der Waals surface area contributed by atoms with Crippen LogP contribution in [0.4, 0.5) is 0 Å². The Morgan fingerprint density at radius 2 is 1.45 bits per heavy atom. The molecule has 2 aliphatic rings. The van der Waals surface area contributed by atoms with Gasteiger partial charge in [-0.15, -0.1) is 0 Å². The van der Waals surface area contributed by atoms with Crippen molar-refractivity contribution in [3.05, 3.63) is 78.2 Å². The van der Waals surface area contributed by atoms with E-state index < -0.39 is 0 Å². The molecular formula is C20H21. The van der Waals surface area contributed by atoms with Crippen molar-refractivity contribution in [2.75, 3.05) is 0 Å². The summed E-state index contributed by atoms with van der Waals surface area (Å²) in [6.07, 6.45) is 5.14. The molecule has 0 heteroatoms. The number of rotatable bonds is 4. The van der Waals surface area contributed by atoms with Gasteiger partial charge in [0.25, 0.3) is 0 Å². The molecule has 2 aliphatic carbocycles. The van der Waals surface area contributed by atoms with Gasteiger partial charge in [-0.2, -0.15) is 0 Å². The Bertz CT molecular complexity index is 544. The lowest BCUT2D eigenvalue weighted by Crippen LogP contribution is -2.13. The van der Waals surface area contributed by atoms with Crippen LogP contribution in [0.15, 0.2) is 60.7 Å². The Balaban J connectivity index is 1.73. The molecule has 3 atom stereocenters. The number of hydrogen-bond donors (Lipinski definition) is 0. The third kappa shape index (κ3) is 1.74. The molecule has 0 N–H and O–H groups in total. The van der Waals surface area contributed by atoms with E-state index in [9.17, 15) is 0 Å². The molecular weight excluding hydrogens is 240 g/mol. The maximum absolute atomic E-state index is 2.41. The topological polar surface area (TPSA) is 0 Å². The van der Waals surface area contributed by atoms with Gasteiger partial charge in [-0.3, -0.25) is 0 Å². The Hall–Kier alpha value is -1.56. The zero-order valence-electron chi connectivity index (χ0n) is 12.0. The number of hydrogen-bond acceptors (Lipinski definition) is 0. The van der Waals surface area contributed by atoms with Crippen molar-refractivity contribution in [1.82, 2.24) is 0 Å². The van der Waals surface area contributed by atoms with Gasteiger partial charge >= 0.3 is 0 Å². The largest absolute Gasteiger partial charge is 0.0622 e. The van der Waals surface area contributed by atoms with Gasteiger partial charge in [0.05, 0.1) is 0 Å². The van der Waals surface area contributed by atoms with E-state index in [1.807, 2.05) is 0 Å². The van der Waals surface area contributed by atoms with Crippen molar-refractivity contribution in [3.63, 3.8) is 0 Å². The second-order valence-corrected chi connectivity index (χ2v) is 6.41. The second-order valence-electron chi connectivity index (χ2n) is 6.41. The quantitative estimate of drug-likeness (QED) is 0.738. The van der Waals surface area contributed by atoms with Gasteiger partial charge in [0.1, 0.15) is 0 Å². The molecule has 4 rings (SSSR count). The van der Waals surface area contributed by atoms with Gasteiger partial charge in [0.2, 0.25) is 0 Å². The van der Waals surface area contributed by atoms with Gasteiger partial charge in [-0.25, -0.2) is 0 Å². The van der Waals surface area contributed by atoms with Crippen LogP contribution in [0.25, 0.3) is 0 Å². The second kappa shape index (κ2) is 4.48. The van der Waals surface area contributed by atoms with Crippen molar-refractivity contribution in [1.29, 1.82) is 0 Å². The van der Waals surface area contributed by atoms with Gasteiger partial charge in [0.15, 0.2) is 0 Å². The monoisotopic (exact) mass is 261 g/mol. The zero-order chi connectivity index (χ0) is 13.6. The first-order valence-electron chi connectivity index (χ1n) is 7.77. The summed E-state index contributed by atoms with van der Waals surface area (Å²) in [6, 6.07) is 22.3. The Labute approximate surface area is 121 Å². The highest BCUT2D eigenvalue weighted by atomic mass is 14.7. The molecule has 0 amide bonds. The van der Waals surface area contributed by atoms with Gasteiger partial charge in [0, 0.05) is 5.41 Å². The smallest absolute Gasteiger partial charge is 0.0237 e. The highest BCUT2D eigenvalue weighted by molar-refractivity contribution is 5.48. The van der Waals surface area contributed by atoms with E-state index in [1.54, 1.807) is 0 Å². The highest BCUT2D eigenvalue weighted by Gasteiger charge is 2.63. The lowest BCUT2D eigenvalue weighted by Gasteiger charge is -2.19. The van der Waals surface area contributed by atoms with E-state index in [-0.39, 0.29) is 0 Å². The summed E-state index contributed by atoms with van der Waals surface area (Å²) in [5.74, 6) is 2.63. The van der Waals surface area contributed by atoms with E-state index in [0.717, 1.165) is 17.8 Å².